The summed E-state index contributed by atoms with van der Waals surface area (Å²) in [7, 11) is 5.25. The van der Waals surface area contributed by atoms with Crippen LogP contribution in [-0.2, 0) is 12.5 Å². The molecule has 8 heteroatoms. The maximum absolute atomic E-state index is 10.7. The Labute approximate surface area is 208 Å². The van der Waals surface area contributed by atoms with Crippen LogP contribution < -0.4 is 19.5 Å². The first kappa shape index (κ1) is 27.5. The van der Waals surface area contributed by atoms with Crippen molar-refractivity contribution >= 4 is 12.4 Å². The van der Waals surface area contributed by atoms with Crippen molar-refractivity contribution in [1.29, 1.82) is 0 Å². The van der Waals surface area contributed by atoms with Crippen LogP contribution in [0.4, 0.5) is 0 Å². The summed E-state index contributed by atoms with van der Waals surface area (Å²) >= 11 is 0. The van der Waals surface area contributed by atoms with E-state index in [9.17, 15) is 5.11 Å². The predicted molar refractivity (Wildman–Crippen MR) is 136 cm³/mol. The van der Waals surface area contributed by atoms with Gasteiger partial charge in [-0.3, -0.25) is 0 Å². The van der Waals surface area contributed by atoms with Gasteiger partial charge in [0.15, 0.2) is 0 Å². The molecule has 3 rings (SSSR count). The largest absolute Gasteiger partial charge is 0.497 e. The molecule has 34 heavy (non-hydrogen) atoms. The highest BCUT2D eigenvalue weighted by Crippen LogP contribution is 2.34. The molecule has 0 fully saturated rings. The minimum Gasteiger partial charge on any atom is -0.497 e. The molecule has 0 amide bonds. The molecule has 0 saturated carbocycles. The van der Waals surface area contributed by atoms with Gasteiger partial charge in [0, 0.05) is 31.5 Å². The number of benzene rings is 2. The molecule has 2 unspecified atom stereocenters. The molecule has 0 saturated heterocycles. The molecule has 0 spiro atoms. The number of nitrogens with zero attached hydrogens (tertiary/aromatic N) is 2. The van der Waals surface area contributed by atoms with Crippen molar-refractivity contribution in [2.24, 2.45) is 7.05 Å². The number of aliphatic hydroxyl groups excluding tert-OH is 1. The fourth-order valence-corrected chi connectivity index (χ4v) is 3.68. The topological polar surface area (TPSA) is 77.8 Å². The molecule has 186 valence electrons. The zero-order valence-electron chi connectivity index (χ0n) is 20.7. The first-order valence-corrected chi connectivity index (χ1v) is 11.1. The van der Waals surface area contributed by atoms with Crippen molar-refractivity contribution in [1.82, 2.24) is 14.9 Å². The van der Waals surface area contributed by atoms with Gasteiger partial charge in [-0.2, -0.15) is 0 Å². The molecular formula is C26H36ClN3O4. The Morgan fingerprint density at radius 2 is 1.76 bits per heavy atom. The van der Waals surface area contributed by atoms with Gasteiger partial charge in [0.1, 0.15) is 35.8 Å². The van der Waals surface area contributed by atoms with Gasteiger partial charge in [-0.15, -0.1) is 12.4 Å². The lowest BCUT2D eigenvalue weighted by Crippen LogP contribution is -2.35. The van der Waals surface area contributed by atoms with E-state index < -0.39 is 6.10 Å². The van der Waals surface area contributed by atoms with E-state index in [0.29, 0.717) is 6.54 Å². The summed E-state index contributed by atoms with van der Waals surface area (Å²) in [6.45, 7) is 6.86. The monoisotopic (exact) mass is 489 g/mol. The molecule has 2 atom stereocenters. The van der Waals surface area contributed by atoms with E-state index in [0.717, 1.165) is 34.2 Å². The molecule has 0 radical (unpaired) electrons. The fraction of sp³-hybridized carbons (Fsp3) is 0.423. The van der Waals surface area contributed by atoms with Crippen LogP contribution in [0, 0.1) is 0 Å². The number of hydrogen-bond donors (Lipinski definition) is 2. The van der Waals surface area contributed by atoms with E-state index in [-0.39, 0.29) is 30.5 Å². The van der Waals surface area contributed by atoms with Gasteiger partial charge in [0.05, 0.1) is 20.3 Å². The molecule has 0 aliphatic carbocycles. The third-order valence-electron chi connectivity index (χ3n) is 5.53. The Kier molecular flexibility index (Phi) is 9.79. The molecule has 2 aromatic carbocycles. The normalized spacial score (nSPS) is 13.0. The number of aryl methyl sites for hydroxylation is 1. The smallest absolute Gasteiger partial charge is 0.130 e. The Morgan fingerprint density at radius 3 is 2.38 bits per heavy atom. The number of halogens is 1. The van der Waals surface area contributed by atoms with Crippen molar-refractivity contribution in [2.75, 3.05) is 27.4 Å². The first-order valence-electron chi connectivity index (χ1n) is 11.1. The number of aliphatic hydroxyl groups is 1. The summed E-state index contributed by atoms with van der Waals surface area (Å²) in [5.74, 6) is 3.15. The van der Waals surface area contributed by atoms with E-state index in [1.165, 1.54) is 0 Å². The Bertz CT molecular complexity index is 1050. The quantitative estimate of drug-likeness (QED) is 0.442. The minimum atomic E-state index is -0.715. The fourth-order valence-electron chi connectivity index (χ4n) is 3.68. The predicted octanol–water partition coefficient (Wildman–Crippen LogP) is 4.28. The van der Waals surface area contributed by atoms with E-state index >= 15 is 0 Å². The Morgan fingerprint density at radius 1 is 1.06 bits per heavy atom. The van der Waals surface area contributed by atoms with Gasteiger partial charge < -0.3 is 29.2 Å². The highest BCUT2D eigenvalue weighted by Gasteiger charge is 2.22. The zero-order valence-corrected chi connectivity index (χ0v) is 21.6. The first-order chi connectivity index (χ1) is 15.7. The van der Waals surface area contributed by atoms with E-state index in [1.54, 1.807) is 20.4 Å². The summed E-state index contributed by atoms with van der Waals surface area (Å²) < 4.78 is 18.7. The number of aromatic nitrogens is 2. The Hall–Kier alpha value is -2.74. The van der Waals surface area contributed by atoms with Crippen LogP contribution in [0.1, 0.15) is 43.8 Å². The lowest BCUT2D eigenvalue weighted by Gasteiger charge is -2.25. The summed E-state index contributed by atoms with van der Waals surface area (Å²) in [6, 6.07) is 13.4. The maximum atomic E-state index is 10.7. The average Bonchev–Trinajstić information content (AvgIpc) is 3.22. The average molecular weight is 490 g/mol. The van der Waals surface area contributed by atoms with Crippen LogP contribution in [0.25, 0.3) is 0 Å². The lowest BCUT2D eigenvalue weighted by molar-refractivity contribution is 0.103. The van der Waals surface area contributed by atoms with E-state index in [1.807, 2.05) is 60.3 Å². The third-order valence-corrected chi connectivity index (χ3v) is 5.53. The molecule has 2 N–H and O–H groups in total. The van der Waals surface area contributed by atoms with Crippen LogP contribution in [0.3, 0.4) is 0 Å². The summed E-state index contributed by atoms with van der Waals surface area (Å²) in [6.07, 6.45) is 2.95. The second-order valence-corrected chi connectivity index (χ2v) is 9.09. The van der Waals surface area contributed by atoms with Crippen molar-refractivity contribution in [3.63, 3.8) is 0 Å². The second-order valence-electron chi connectivity index (χ2n) is 9.09. The van der Waals surface area contributed by atoms with Gasteiger partial charge in [0.25, 0.3) is 0 Å². The number of imidazole rings is 1. The molecule has 7 nitrogen and oxygen atoms in total. The van der Waals surface area contributed by atoms with Gasteiger partial charge in [-0.05, 0) is 41.3 Å². The SMILES string of the molecule is COc1cccc(C(NCC(O)COc2ccc(OC)cc2C(C)(C)C)c2nccn2C)c1.Cl. The number of ether oxygens (including phenoxy) is 3. The van der Waals surface area contributed by atoms with Crippen molar-refractivity contribution in [3.05, 3.63) is 71.8 Å². The van der Waals surface area contributed by atoms with Gasteiger partial charge >= 0.3 is 0 Å². The summed E-state index contributed by atoms with van der Waals surface area (Å²) in [5.41, 5.74) is 1.91. The van der Waals surface area contributed by atoms with Crippen LogP contribution in [0.5, 0.6) is 17.2 Å². The highest BCUT2D eigenvalue weighted by atomic mass is 35.5. The molecule has 0 aliphatic rings. The molecule has 1 aromatic heterocycles. The number of methoxy groups -OCH3 is 2. The highest BCUT2D eigenvalue weighted by molar-refractivity contribution is 5.85. The summed E-state index contributed by atoms with van der Waals surface area (Å²) in [4.78, 5) is 4.51. The molecule has 0 bridgehead atoms. The van der Waals surface area contributed by atoms with Crippen molar-refractivity contribution in [3.8, 4) is 17.2 Å². The zero-order chi connectivity index (χ0) is 24.0. The van der Waals surface area contributed by atoms with Crippen molar-refractivity contribution < 1.29 is 19.3 Å². The van der Waals surface area contributed by atoms with Gasteiger partial charge in [0.2, 0.25) is 0 Å². The standard InChI is InChI=1S/C26H35N3O4.ClH/c1-26(2,3)22-15-21(32-6)10-11-23(22)33-17-19(30)16-28-24(25-27-12-13-29(25)4)18-8-7-9-20(14-18)31-5;/h7-15,19,24,28,30H,16-17H2,1-6H3;1H. The molecule has 3 aromatic rings. The number of nitrogens with one attached hydrogen (secondary N) is 1. The van der Waals surface area contributed by atoms with Gasteiger partial charge in [-0.1, -0.05) is 32.9 Å². The molecule has 0 aliphatic heterocycles. The van der Waals surface area contributed by atoms with E-state index in [2.05, 4.69) is 31.1 Å². The van der Waals surface area contributed by atoms with Gasteiger partial charge in [-0.25, -0.2) is 4.98 Å². The van der Waals surface area contributed by atoms with Crippen molar-refractivity contribution in [2.45, 2.75) is 38.3 Å². The van der Waals surface area contributed by atoms with Crippen LogP contribution in [-0.4, -0.2) is 48.1 Å². The third kappa shape index (κ3) is 6.88. The molecule has 1 heterocycles. The maximum Gasteiger partial charge on any atom is 0.130 e. The van der Waals surface area contributed by atoms with Crippen LogP contribution in [0.2, 0.25) is 0 Å². The van der Waals surface area contributed by atoms with Crippen LogP contribution in [0.15, 0.2) is 54.9 Å². The van der Waals surface area contributed by atoms with E-state index in [4.69, 9.17) is 14.2 Å². The lowest BCUT2D eigenvalue weighted by atomic mass is 9.86. The Balaban J connectivity index is 0.00000408. The molecular weight excluding hydrogens is 454 g/mol. The second kappa shape index (κ2) is 12.1. The van der Waals surface area contributed by atoms with Crippen LogP contribution >= 0.6 is 12.4 Å². The minimum absolute atomic E-state index is 0. The summed E-state index contributed by atoms with van der Waals surface area (Å²) in [5, 5.41) is 14.1. The number of hydrogen-bond acceptors (Lipinski definition) is 6. The number of rotatable bonds is 10.